The molecular weight excluding hydrogens is 376 g/mol. The number of carboxylic acid groups (broad SMARTS) is 1. The van der Waals surface area contributed by atoms with Crippen molar-refractivity contribution in [2.75, 3.05) is 28.4 Å². The number of carbonyl (C=O) groups excluding carboxylic acids is 1. The van der Waals surface area contributed by atoms with Crippen LogP contribution < -0.4 is 14.2 Å². The molecular formula is C22H22O7. The zero-order valence-corrected chi connectivity index (χ0v) is 16.6. The highest BCUT2D eigenvalue weighted by molar-refractivity contribution is 6.12. The van der Waals surface area contributed by atoms with Crippen LogP contribution in [0.4, 0.5) is 0 Å². The monoisotopic (exact) mass is 398 g/mol. The SMILES string of the molecule is COC(=O)C(=C/c1cc(OC)c(OC)c(OC)c1)/C(=C\c1ccccc1)C(=O)O. The highest BCUT2D eigenvalue weighted by atomic mass is 16.5. The topological polar surface area (TPSA) is 91.3 Å². The van der Waals surface area contributed by atoms with E-state index >= 15 is 0 Å². The van der Waals surface area contributed by atoms with Gasteiger partial charge in [-0.3, -0.25) is 0 Å². The predicted octanol–water partition coefficient (Wildman–Crippen LogP) is 3.44. The Kier molecular flexibility index (Phi) is 7.42. The predicted molar refractivity (Wildman–Crippen MR) is 108 cm³/mol. The molecule has 0 radical (unpaired) electrons. The normalized spacial score (nSPS) is 11.6. The van der Waals surface area contributed by atoms with E-state index in [1.807, 2.05) is 6.07 Å². The Bertz CT molecular complexity index is 918. The maximum Gasteiger partial charge on any atom is 0.338 e. The van der Waals surface area contributed by atoms with Gasteiger partial charge in [-0.1, -0.05) is 30.3 Å². The maximum atomic E-state index is 12.4. The number of ether oxygens (including phenoxy) is 4. The Morgan fingerprint density at radius 2 is 1.34 bits per heavy atom. The Balaban J connectivity index is 2.68. The zero-order chi connectivity index (χ0) is 21.4. The van der Waals surface area contributed by atoms with E-state index in [0.717, 1.165) is 0 Å². The molecule has 2 aromatic carbocycles. The average Bonchev–Trinajstić information content (AvgIpc) is 2.75. The quantitative estimate of drug-likeness (QED) is 0.414. The molecule has 2 aromatic rings. The van der Waals surface area contributed by atoms with Crippen LogP contribution >= 0.6 is 0 Å². The molecule has 0 fully saturated rings. The van der Waals surface area contributed by atoms with Crippen molar-refractivity contribution in [1.29, 1.82) is 0 Å². The first-order chi connectivity index (χ1) is 13.9. The number of hydrogen-bond donors (Lipinski definition) is 1. The minimum absolute atomic E-state index is 0.127. The number of carbonyl (C=O) groups is 2. The molecule has 0 spiro atoms. The van der Waals surface area contributed by atoms with Gasteiger partial charge in [0.15, 0.2) is 11.5 Å². The summed E-state index contributed by atoms with van der Waals surface area (Å²) in [6.45, 7) is 0. The van der Waals surface area contributed by atoms with Gasteiger partial charge < -0.3 is 24.1 Å². The molecule has 29 heavy (non-hydrogen) atoms. The second-order valence-electron chi connectivity index (χ2n) is 5.78. The van der Waals surface area contributed by atoms with Gasteiger partial charge in [-0.25, -0.2) is 9.59 Å². The first-order valence-electron chi connectivity index (χ1n) is 8.55. The molecule has 7 nitrogen and oxygen atoms in total. The summed E-state index contributed by atoms with van der Waals surface area (Å²) in [6.07, 6.45) is 2.81. The number of benzene rings is 2. The highest BCUT2D eigenvalue weighted by Crippen LogP contribution is 2.39. The number of esters is 1. The van der Waals surface area contributed by atoms with Crippen LogP contribution in [-0.4, -0.2) is 45.5 Å². The van der Waals surface area contributed by atoms with E-state index in [-0.39, 0.29) is 11.1 Å². The van der Waals surface area contributed by atoms with Gasteiger partial charge in [-0.05, 0) is 35.4 Å². The van der Waals surface area contributed by atoms with Gasteiger partial charge in [-0.15, -0.1) is 0 Å². The fourth-order valence-electron chi connectivity index (χ4n) is 2.68. The molecule has 0 unspecified atom stereocenters. The van der Waals surface area contributed by atoms with Crippen LogP contribution in [0.1, 0.15) is 11.1 Å². The van der Waals surface area contributed by atoms with E-state index in [1.54, 1.807) is 36.4 Å². The number of aliphatic carboxylic acids is 1. The third-order valence-corrected chi connectivity index (χ3v) is 4.03. The second kappa shape index (κ2) is 9.98. The molecule has 7 heteroatoms. The molecule has 0 bridgehead atoms. The van der Waals surface area contributed by atoms with Crippen LogP contribution in [0.25, 0.3) is 12.2 Å². The minimum atomic E-state index is -1.27. The van der Waals surface area contributed by atoms with Crippen LogP contribution in [0.5, 0.6) is 17.2 Å². The van der Waals surface area contributed by atoms with Crippen LogP contribution in [0.3, 0.4) is 0 Å². The third-order valence-electron chi connectivity index (χ3n) is 4.03. The summed E-state index contributed by atoms with van der Waals surface area (Å²) < 4.78 is 20.7. The van der Waals surface area contributed by atoms with Crippen molar-refractivity contribution in [1.82, 2.24) is 0 Å². The summed E-state index contributed by atoms with van der Waals surface area (Å²) in [4.78, 5) is 24.3. The minimum Gasteiger partial charge on any atom is -0.493 e. The van der Waals surface area contributed by atoms with E-state index in [0.29, 0.717) is 28.4 Å². The number of methoxy groups -OCH3 is 4. The lowest BCUT2D eigenvalue weighted by molar-refractivity contribution is -0.138. The van der Waals surface area contributed by atoms with E-state index in [1.165, 1.54) is 40.6 Å². The van der Waals surface area contributed by atoms with Crippen molar-refractivity contribution in [2.45, 2.75) is 0 Å². The third kappa shape index (κ3) is 5.16. The largest absolute Gasteiger partial charge is 0.493 e. The van der Waals surface area contributed by atoms with Crippen molar-refractivity contribution >= 4 is 24.1 Å². The molecule has 152 valence electrons. The Morgan fingerprint density at radius 1 is 0.793 bits per heavy atom. The van der Waals surface area contributed by atoms with Crippen LogP contribution in [0, 0.1) is 0 Å². The Labute approximate surface area is 168 Å². The van der Waals surface area contributed by atoms with Crippen molar-refractivity contribution in [3.63, 3.8) is 0 Å². The lowest BCUT2D eigenvalue weighted by atomic mass is 10.00. The average molecular weight is 398 g/mol. The lowest BCUT2D eigenvalue weighted by Crippen LogP contribution is -2.13. The van der Waals surface area contributed by atoms with E-state index in [2.05, 4.69) is 0 Å². The Morgan fingerprint density at radius 3 is 1.79 bits per heavy atom. The molecule has 1 N–H and O–H groups in total. The summed E-state index contributed by atoms with van der Waals surface area (Å²) in [7, 11) is 5.59. The van der Waals surface area contributed by atoms with E-state index < -0.39 is 11.9 Å². The highest BCUT2D eigenvalue weighted by Gasteiger charge is 2.22. The summed E-state index contributed by atoms with van der Waals surface area (Å²) >= 11 is 0. The molecule has 0 aliphatic heterocycles. The van der Waals surface area contributed by atoms with Gasteiger partial charge in [0, 0.05) is 0 Å². The van der Waals surface area contributed by atoms with E-state index in [9.17, 15) is 14.7 Å². The van der Waals surface area contributed by atoms with Gasteiger partial charge in [0.05, 0.1) is 39.6 Å². The molecule has 0 heterocycles. The Hall–Kier alpha value is -3.74. The molecule has 0 aliphatic rings. The van der Waals surface area contributed by atoms with Crippen LogP contribution in [0.15, 0.2) is 53.6 Å². The number of carboxylic acids is 1. The second-order valence-corrected chi connectivity index (χ2v) is 5.78. The summed E-state index contributed by atoms with van der Waals surface area (Å²) in [5, 5.41) is 9.72. The fraction of sp³-hybridized carbons (Fsp3) is 0.182. The van der Waals surface area contributed by atoms with E-state index in [4.69, 9.17) is 18.9 Å². The van der Waals surface area contributed by atoms with Gasteiger partial charge in [0.25, 0.3) is 0 Å². The molecule has 0 saturated carbocycles. The number of rotatable bonds is 8. The summed E-state index contributed by atoms with van der Waals surface area (Å²) in [5.74, 6) is -0.941. The first-order valence-corrected chi connectivity index (χ1v) is 8.55. The van der Waals surface area contributed by atoms with Crippen molar-refractivity contribution in [3.8, 4) is 17.2 Å². The summed E-state index contributed by atoms with van der Waals surface area (Å²) in [6, 6.07) is 12.0. The fourth-order valence-corrected chi connectivity index (χ4v) is 2.68. The lowest BCUT2D eigenvalue weighted by Gasteiger charge is -2.14. The molecule has 0 aromatic heterocycles. The molecule has 2 rings (SSSR count). The van der Waals surface area contributed by atoms with Crippen LogP contribution in [-0.2, 0) is 14.3 Å². The smallest absolute Gasteiger partial charge is 0.338 e. The van der Waals surface area contributed by atoms with Gasteiger partial charge in [-0.2, -0.15) is 0 Å². The molecule has 0 saturated heterocycles. The standard InChI is InChI=1S/C22H22O7/c1-26-18-12-15(13-19(27-2)20(18)28-3)11-17(22(25)29-4)16(21(23)24)10-14-8-6-5-7-9-14/h5-13H,1-4H3,(H,23,24)/b16-10+,17-11+. The van der Waals surface area contributed by atoms with Crippen LogP contribution in [0.2, 0.25) is 0 Å². The molecule has 0 aliphatic carbocycles. The van der Waals surface area contributed by atoms with Gasteiger partial charge in [0.2, 0.25) is 5.75 Å². The van der Waals surface area contributed by atoms with Gasteiger partial charge in [0.1, 0.15) is 0 Å². The van der Waals surface area contributed by atoms with Crippen molar-refractivity contribution < 1.29 is 33.6 Å². The van der Waals surface area contributed by atoms with Crippen molar-refractivity contribution in [3.05, 3.63) is 64.7 Å². The first kappa shape index (κ1) is 21.6. The molecule has 0 amide bonds. The van der Waals surface area contributed by atoms with Crippen molar-refractivity contribution in [2.24, 2.45) is 0 Å². The maximum absolute atomic E-state index is 12.4. The number of hydrogen-bond acceptors (Lipinski definition) is 6. The van der Waals surface area contributed by atoms with Gasteiger partial charge >= 0.3 is 11.9 Å². The summed E-state index contributed by atoms with van der Waals surface area (Å²) in [5.41, 5.74) is 0.764. The molecule has 0 atom stereocenters. The zero-order valence-electron chi connectivity index (χ0n) is 16.6.